The third kappa shape index (κ3) is 2.24. The van der Waals surface area contributed by atoms with Crippen LogP contribution in [0.1, 0.15) is 37.4 Å². The van der Waals surface area contributed by atoms with E-state index in [4.69, 9.17) is 10.7 Å². The van der Waals surface area contributed by atoms with Crippen LogP contribution < -0.4 is 10.6 Å². The zero-order chi connectivity index (χ0) is 12.5. The first-order chi connectivity index (χ1) is 8.74. The lowest BCUT2D eigenvalue weighted by atomic mass is 9.91. The monoisotopic (exact) mass is 245 g/mol. The molecule has 1 aromatic heterocycles. The van der Waals surface area contributed by atoms with E-state index in [2.05, 4.69) is 24.0 Å². The van der Waals surface area contributed by atoms with Gasteiger partial charge in [0.05, 0.1) is 0 Å². The van der Waals surface area contributed by atoms with Crippen molar-refractivity contribution in [2.45, 2.75) is 45.1 Å². The molecule has 1 aliphatic carbocycles. The zero-order valence-corrected chi connectivity index (χ0v) is 11.2. The molecule has 0 amide bonds. The van der Waals surface area contributed by atoms with Gasteiger partial charge in [0.1, 0.15) is 5.82 Å². The maximum Gasteiger partial charge on any atom is 0.128 e. The third-order valence-corrected chi connectivity index (χ3v) is 4.52. The van der Waals surface area contributed by atoms with Crippen LogP contribution in [0, 0.1) is 5.92 Å². The molecule has 1 unspecified atom stereocenters. The normalized spacial score (nSPS) is 22.0. The number of pyridine rings is 1. The number of aromatic nitrogens is 1. The van der Waals surface area contributed by atoms with E-state index in [9.17, 15) is 0 Å². The van der Waals surface area contributed by atoms with Gasteiger partial charge >= 0.3 is 0 Å². The van der Waals surface area contributed by atoms with Crippen LogP contribution in [0.2, 0.25) is 0 Å². The molecule has 2 heterocycles. The lowest BCUT2D eigenvalue weighted by molar-refractivity contribution is 0.353. The van der Waals surface area contributed by atoms with Gasteiger partial charge in [0.15, 0.2) is 0 Å². The molecular weight excluding hydrogens is 222 g/mol. The quantitative estimate of drug-likeness (QED) is 0.868. The summed E-state index contributed by atoms with van der Waals surface area (Å²) in [4.78, 5) is 7.27. The number of hydrogen-bond donors (Lipinski definition) is 1. The van der Waals surface area contributed by atoms with Gasteiger partial charge in [-0.1, -0.05) is 6.07 Å². The summed E-state index contributed by atoms with van der Waals surface area (Å²) in [6.07, 6.45) is 6.07. The van der Waals surface area contributed by atoms with E-state index in [0.717, 1.165) is 13.1 Å². The summed E-state index contributed by atoms with van der Waals surface area (Å²) in [5, 5.41) is 0. The largest absolute Gasteiger partial charge is 0.357 e. The molecule has 0 saturated carbocycles. The van der Waals surface area contributed by atoms with Crippen LogP contribution >= 0.6 is 0 Å². The zero-order valence-electron chi connectivity index (χ0n) is 11.2. The molecule has 1 fully saturated rings. The first-order valence-corrected chi connectivity index (χ1v) is 7.23. The highest BCUT2D eigenvalue weighted by Gasteiger charge is 2.23. The Balaban J connectivity index is 1.69. The highest BCUT2D eigenvalue weighted by molar-refractivity contribution is 5.43. The highest BCUT2D eigenvalue weighted by atomic mass is 15.2. The molecule has 2 aliphatic rings. The minimum absolute atomic E-state index is 0.333. The number of anilines is 1. The van der Waals surface area contributed by atoms with Gasteiger partial charge in [0.25, 0.3) is 0 Å². The van der Waals surface area contributed by atoms with E-state index in [1.807, 2.05) is 0 Å². The minimum atomic E-state index is 0.333. The fourth-order valence-electron chi connectivity index (χ4n) is 3.24. The SMILES string of the molecule is CC(N)C1CCN(c2ccc3c(n2)CCC3)CC1. The number of hydrogen-bond acceptors (Lipinski definition) is 3. The van der Waals surface area contributed by atoms with Crippen molar-refractivity contribution in [3.8, 4) is 0 Å². The fourth-order valence-corrected chi connectivity index (χ4v) is 3.24. The molecule has 0 aromatic carbocycles. The first-order valence-electron chi connectivity index (χ1n) is 7.23. The molecule has 0 spiro atoms. The van der Waals surface area contributed by atoms with E-state index in [1.165, 1.54) is 49.2 Å². The third-order valence-electron chi connectivity index (χ3n) is 4.52. The van der Waals surface area contributed by atoms with Crippen molar-refractivity contribution >= 4 is 5.82 Å². The molecule has 98 valence electrons. The van der Waals surface area contributed by atoms with Crippen molar-refractivity contribution in [1.82, 2.24) is 4.98 Å². The van der Waals surface area contributed by atoms with Gasteiger partial charge in [0, 0.05) is 24.8 Å². The molecule has 3 heteroatoms. The van der Waals surface area contributed by atoms with Crippen LogP contribution in [0.15, 0.2) is 12.1 Å². The fraction of sp³-hybridized carbons (Fsp3) is 0.667. The molecule has 0 bridgehead atoms. The standard InChI is InChI=1S/C15H23N3/c1-11(16)12-7-9-18(10-8-12)15-6-5-13-3-2-4-14(13)17-15/h5-6,11-12H,2-4,7-10,16H2,1H3. The molecule has 3 nitrogen and oxygen atoms in total. The summed E-state index contributed by atoms with van der Waals surface area (Å²) in [5.74, 6) is 1.87. The summed E-state index contributed by atoms with van der Waals surface area (Å²) in [6.45, 7) is 4.35. The number of piperidine rings is 1. The summed E-state index contributed by atoms with van der Waals surface area (Å²) in [6, 6.07) is 4.82. The smallest absolute Gasteiger partial charge is 0.128 e. The van der Waals surface area contributed by atoms with Gasteiger partial charge in [-0.3, -0.25) is 0 Å². The van der Waals surface area contributed by atoms with E-state index in [0.29, 0.717) is 12.0 Å². The number of fused-ring (bicyclic) bond motifs is 1. The Morgan fingerprint density at radius 3 is 2.78 bits per heavy atom. The van der Waals surface area contributed by atoms with Gasteiger partial charge in [-0.05, 0) is 56.6 Å². The molecule has 3 rings (SSSR count). The molecular formula is C15H23N3. The van der Waals surface area contributed by atoms with E-state index in [-0.39, 0.29) is 0 Å². The maximum atomic E-state index is 5.99. The molecule has 18 heavy (non-hydrogen) atoms. The highest BCUT2D eigenvalue weighted by Crippen LogP contribution is 2.27. The average Bonchev–Trinajstić information content (AvgIpc) is 2.86. The van der Waals surface area contributed by atoms with Crippen LogP contribution in [0.25, 0.3) is 0 Å². The number of aryl methyl sites for hydroxylation is 2. The Morgan fingerprint density at radius 2 is 2.06 bits per heavy atom. The second-order valence-corrected chi connectivity index (χ2v) is 5.81. The molecule has 0 radical (unpaired) electrons. The van der Waals surface area contributed by atoms with E-state index < -0.39 is 0 Å². The number of rotatable bonds is 2. The van der Waals surface area contributed by atoms with Crippen LogP contribution in [-0.2, 0) is 12.8 Å². The summed E-state index contributed by atoms with van der Waals surface area (Å²) in [7, 11) is 0. The van der Waals surface area contributed by atoms with Crippen molar-refractivity contribution in [3.05, 3.63) is 23.4 Å². The second-order valence-electron chi connectivity index (χ2n) is 5.81. The predicted octanol–water partition coefficient (Wildman–Crippen LogP) is 2.13. The Kier molecular flexibility index (Phi) is 3.25. The van der Waals surface area contributed by atoms with Crippen LogP contribution in [0.3, 0.4) is 0 Å². The topological polar surface area (TPSA) is 42.1 Å². The molecule has 1 aliphatic heterocycles. The number of nitrogens with zero attached hydrogens (tertiary/aromatic N) is 2. The van der Waals surface area contributed by atoms with Crippen LogP contribution in [-0.4, -0.2) is 24.1 Å². The van der Waals surface area contributed by atoms with Crippen molar-refractivity contribution in [3.63, 3.8) is 0 Å². The van der Waals surface area contributed by atoms with Crippen LogP contribution in [0.4, 0.5) is 5.82 Å². The van der Waals surface area contributed by atoms with Gasteiger partial charge in [-0.2, -0.15) is 0 Å². The first kappa shape index (κ1) is 12.0. The summed E-state index contributed by atoms with van der Waals surface area (Å²) >= 11 is 0. The van der Waals surface area contributed by atoms with Crippen molar-refractivity contribution in [1.29, 1.82) is 0 Å². The lowest BCUT2D eigenvalue weighted by Crippen LogP contribution is -2.40. The molecule has 1 saturated heterocycles. The second kappa shape index (κ2) is 4.88. The van der Waals surface area contributed by atoms with Crippen LogP contribution in [0.5, 0.6) is 0 Å². The van der Waals surface area contributed by atoms with Crippen molar-refractivity contribution in [2.24, 2.45) is 11.7 Å². The van der Waals surface area contributed by atoms with Crippen molar-refractivity contribution < 1.29 is 0 Å². The van der Waals surface area contributed by atoms with Gasteiger partial charge in [-0.25, -0.2) is 4.98 Å². The van der Waals surface area contributed by atoms with Gasteiger partial charge in [0.2, 0.25) is 0 Å². The average molecular weight is 245 g/mol. The minimum Gasteiger partial charge on any atom is -0.357 e. The Hall–Kier alpha value is -1.09. The van der Waals surface area contributed by atoms with Gasteiger partial charge < -0.3 is 10.6 Å². The molecule has 1 aromatic rings. The van der Waals surface area contributed by atoms with Gasteiger partial charge in [-0.15, -0.1) is 0 Å². The summed E-state index contributed by atoms with van der Waals surface area (Å²) in [5.41, 5.74) is 8.79. The van der Waals surface area contributed by atoms with Crippen molar-refractivity contribution in [2.75, 3.05) is 18.0 Å². The number of nitrogens with two attached hydrogens (primary N) is 1. The lowest BCUT2D eigenvalue weighted by Gasteiger charge is -2.34. The van der Waals surface area contributed by atoms with E-state index >= 15 is 0 Å². The maximum absolute atomic E-state index is 5.99. The Morgan fingerprint density at radius 1 is 1.28 bits per heavy atom. The molecule has 2 N–H and O–H groups in total. The van der Waals surface area contributed by atoms with E-state index in [1.54, 1.807) is 0 Å². The molecule has 1 atom stereocenters. The Bertz CT molecular complexity index is 420. The Labute approximate surface area is 109 Å². The predicted molar refractivity (Wildman–Crippen MR) is 74.8 cm³/mol. The summed E-state index contributed by atoms with van der Waals surface area (Å²) < 4.78 is 0.